The van der Waals surface area contributed by atoms with Crippen LogP contribution in [0.1, 0.15) is 16.8 Å². The topological polar surface area (TPSA) is 33.6 Å². The summed E-state index contributed by atoms with van der Waals surface area (Å²) in [7, 11) is 0. The molecule has 0 fully saturated rings. The van der Waals surface area contributed by atoms with Crippen LogP contribution < -0.4 is 0 Å². The first-order chi connectivity index (χ1) is 14.6. The molecular formula is C25H17BrFN3. The Hall–Kier alpha value is -3.18. The van der Waals surface area contributed by atoms with Gasteiger partial charge in [-0.05, 0) is 48.9 Å². The number of hydrogen-bond acceptors (Lipinski definition) is 1. The molecule has 0 saturated heterocycles. The number of fused-ring (bicyclic) bond motifs is 7. The minimum atomic E-state index is -0.251. The molecule has 1 aliphatic heterocycles. The number of aryl methyl sites for hydroxylation is 1. The van der Waals surface area contributed by atoms with Crippen LogP contribution in [-0.2, 0) is 6.54 Å². The molecular weight excluding hydrogens is 441 g/mol. The molecule has 0 atom stereocenters. The van der Waals surface area contributed by atoms with E-state index in [0.717, 1.165) is 54.6 Å². The second-order valence-electron chi connectivity index (χ2n) is 7.73. The van der Waals surface area contributed by atoms with Gasteiger partial charge < -0.3 is 9.55 Å². The SMILES string of the molecule is Cc1ccc(C2=CCn3c(nc4ccc(F)cc43)-c3c2[nH]c2ccc(Br)cc32)cc1. The van der Waals surface area contributed by atoms with Crippen LogP contribution in [0.25, 0.3) is 38.9 Å². The predicted molar refractivity (Wildman–Crippen MR) is 123 cm³/mol. The van der Waals surface area contributed by atoms with Crippen molar-refractivity contribution in [2.24, 2.45) is 0 Å². The first-order valence-corrected chi connectivity index (χ1v) is 10.6. The summed E-state index contributed by atoms with van der Waals surface area (Å²) in [6.45, 7) is 2.71. The lowest BCUT2D eigenvalue weighted by Gasteiger charge is -2.07. The number of allylic oxidation sites excluding steroid dienone is 1. The Morgan fingerprint density at radius 3 is 2.70 bits per heavy atom. The van der Waals surface area contributed by atoms with Gasteiger partial charge in [0, 0.05) is 27.5 Å². The van der Waals surface area contributed by atoms with Crippen LogP contribution in [0.4, 0.5) is 4.39 Å². The van der Waals surface area contributed by atoms with Crippen LogP contribution in [0.2, 0.25) is 0 Å². The first kappa shape index (κ1) is 17.7. The van der Waals surface area contributed by atoms with E-state index in [0.29, 0.717) is 6.54 Å². The van der Waals surface area contributed by atoms with Crippen molar-refractivity contribution in [3.05, 3.63) is 93.9 Å². The molecule has 6 rings (SSSR count). The van der Waals surface area contributed by atoms with Crippen molar-refractivity contribution in [3.63, 3.8) is 0 Å². The minimum Gasteiger partial charge on any atom is -0.354 e. The zero-order valence-electron chi connectivity index (χ0n) is 16.2. The van der Waals surface area contributed by atoms with Crippen LogP contribution >= 0.6 is 15.9 Å². The summed E-state index contributed by atoms with van der Waals surface area (Å²) in [5.41, 5.74) is 8.25. The van der Waals surface area contributed by atoms with Crippen LogP contribution in [0, 0.1) is 12.7 Å². The zero-order valence-corrected chi connectivity index (χ0v) is 17.8. The molecule has 2 aromatic heterocycles. The van der Waals surface area contributed by atoms with Crippen molar-refractivity contribution in [1.29, 1.82) is 0 Å². The highest BCUT2D eigenvalue weighted by atomic mass is 79.9. The Morgan fingerprint density at radius 1 is 1.03 bits per heavy atom. The largest absolute Gasteiger partial charge is 0.354 e. The number of nitrogens with one attached hydrogen (secondary N) is 1. The standard InChI is InChI=1S/C25H17BrFN3/c1-14-2-4-15(5-3-14)18-10-11-30-22-13-17(27)7-9-21(22)29-25(30)23-19-12-16(26)6-8-20(19)28-24(18)23/h2-10,12-13,28H,11H2,1H3. The van der Waals surface area contributed by atoms with E-state index in [1.54, 1.807) is 12.1 Å². The summed E-state index contributed by atoms with van der Waals surface area (Å²) in [5.74, 6) is 0.604. The molecule has 3 heterocycles. The number of H-pyrrole nitrogens is 1. The maximum atomic E-state index is 14.0. The molecule has 146 valence electrons. The highest BCUT2D eigenvalue weighted by molar-refractivity contribution is 9.10. The lowest BCUT2D eigenvalue weighted by Crippen LogP contribution is -1.97. The summed E-state index contributed by atoms with van der Waals surface area (Å²) < 4.78 is 17.2. The summed E-state index contributed by atoms with van der Waals surface area (Å²) in [4.78, 5) is 8.54. The van der Waals surface area contributed by atoms with Gasteiger partial charge in [0.05, 0.1) is 22.3 Å². The van der Waals surface area contributed by atoms with Gasteiger partial charge in [-0.2, -0.15) is 0 Å². The van der Waals surface area contributed by atoms with Crippen molar-refractivity contribution >= 4 is 43.4 Å². The molecule has 30 heavy (non-hydrogen) atoms. The van der Waals surface area contributed by atoms with E-state index in [2.05, 4.69) is 74.9 Å². The monoisotopic (exact) mass is 457 g/mol. The van der Waals surface area contributed by atoms with Gasteiger partial charge in [0.15, 0.2) is 0 Å². The molecule has 0 bridgehead atoms. The van der Waals surface area contributed by atoms with Crippen LogP contribution in [0.3, 0.4) is 0 Å². The summed E-state index contributed by atoms with van der Waals surface area (Å²) >= 11 is 3.61. The summed E-state index contributed by atoms with van der Waals surface area (Å²) in [5, 5.41) is 1.09. The van der Waals surface area contributed by atoms with Gasteiger partial charge in [-0.3, -0.25) is 0 Å². The molecule has 3 aromatic carbocycles. The van der Waals surface area contributed by atoms with E-state index in [1.165, 1.54) is 11.6 Å². The Morgan fingerprint density at radius 2 is 1.87 bits per heavy atom. The van der Waals surface area contributed by atoms with E-state index in [9.17, 15) is 4.39 Å². The van der Waals surface area contributed by atoms with E-state index in [4.69, 9.17) is 4.98 Å². The molecule has 5 aromatic rings. The average molecular weight is 458 g/mol. The number of imidazole rings is 1. The van der Waals surface area contributed by atoms with Gasteiger partial charge in [-0.15, -0.1) is 0 Å². The Kier molecular flexibility index (Phi) is 3.77. The number of nitrogens with zero attached hydrogens (tertiary/aromatic N) is 2. The Labute approximate surface area is 181 Å². The third-order valence-electron chi connectivity index (χ3n) is 5.80. The highest BCUT2D eigenvalue weighted by Crippen LogP contribution is 2.42. The Balaban J connectivity index is 1.72. The molecule has 1 N–H and O–H groups in total. The van der Waals surface area contributed by atoms with Crippen molar-refractivity contribution in [3.8, 4) is 11.4 Å². The van der Waals surface area contributed by atoms with Crippen molar-refractivity contribution in [2.75, 3.05) is 0 Å². The molecule has 3 nitrogen and oxygen atoms in total. The van der Waals surface area contributed by atoms with Crippen LogP contribution in [-0.4, -0.2) is 14.5 Å². The summed E-state index contributed by atoms with van der Waals surface area (Å²) in [6.07, 6.45) is 2.20. The van der Waals surface area contributed by atoms with Crippen LogP contribution in [0.5, 0.6) is 0 Å². The van der Waals surface area contributed by atoms with Gasteiger partial charge in [0.1, 0.15) is 11.6 Å². The van der Waals surface area contributed by atoms with E-state index in [1.807, 2.05) is 6.07 Å². The number of rotatable bonds is 1. The number of hydrogen-bond donors (Lipinski definition) is 1. The molecule has 0 aliphatic carbocycles. The predicted octanol–water partition coefficient (Wildman–Crippen LogP) is 6.84. The fourth-order valence-electron chi connectivity index (χ4n) is 4.35. The molecule has 0 amide bonds. The lowest BCUT2D eigenvalue weighted by molar-refractivity contribution is 0.628. The van der Waals surface area contributed by atoms with Gasteiger partial charge in [-0.1, -0.05) is 51.8 Å². The number of benzene rings is 3. The fraction of sp³-hybridized carbons (Fsp3) is 0.0800. The quantitative estimate of drug-likeness (QED) is 0.293. The second kappa shape index (κ2) is 6.41. The third kappa shape index (κ3) is 2.58. The van der Waals surface area contributed by atoms with Gasteiger partial charge >= 0.3 is 0 Å². The molecule has 5 heteroatoms. The van der Waals surface area contributed by atoms with Crippen molar-refractivity contribution in [1.82, 2.24) is 14.5 Å². The van der Waals surface area contributed by atoms with Crippen LogP contribution in [0.15, 0.2) is 71.2 Å². The smallest absolute Gasteiger partial charge is 0.144 e. The molecule has 0 saturated carbocycles. The number of aromatic amines is 1. The molecule has 0 unspecified atom stereocenters. The average Bonchev–Trinajstić information content (AvgIpc) is 3.22. The fourth-order valence-corrected chi connectivity index (χ4v) is 4.71. The molecule has 0 spiro atoms. The zero-order chi connectivity index (χ0) is 20.4. The third-order valence-corrected chi connectivity index (χ3v) is 6.30. The highest BCUT2D eigenvalue weighted by Gasteiger charge is 2.25. The van der Waals surface area contributed by atoms with Crippen molar-refractivity contribution < 1.29 is 4.39 Å². The van der Waals surface area contributed by atoms with E-state index in [-0.39, 0.29) is 5.82 Å². The maximum Gasteiger partial charge on any atom is 0.144 e. The van der Waals surface area contributed by atoms with Gasteiger partial charge in [0.25, 0.3) is 0 Å². The minimum absolute atomic E-state index is 0.251. The Bertz CT molecular complexity index is 1490. The first-order valence-electron chi connectivity index (χ1n) is 9.83. The van der Waals surface area contributed by atoms with Crippen molar-refractivity contribution in [2.45, 2.75) is 13.5 Å². The molecule has 1 aliphatic rings. The van der Waals surface area contributed by atoms with E-state index < -0.39 is 0 Å². The van der Waals surface area contributed by atoms with Gasteiger partial charge in [-0.25, -0.2) is 9.37 Å². The van der Waals surface area contributed by atoms with Gasteiger partial charge in [0.2, 0.25) is 0 Å². The number of halogens is 2. The summed E-state index contributed by atoms with van der Waals surface area (Å²) in [6, 6.07) is 19.6. The second-order valence-corrected chi connectivity index (χ2v) is 8.64. The lowest BCUT2D eigenvalue weighted by atomic mass is 9.98. The number of aromatic nitrogens is 3. The maximum absolute atomic E-state index is 14.0. The van der Waals surface area contributed by atoms with E-state index >= 15 is 0 Å². The molecule has 0 radical (unpaired) electrons. The normalized spacial score (nSPS) is 13.2.